The molecular formula is C18H25N3. The van der Waals surface area contributed by atoms with Crippen LogP contribution in [0.4, 0.5) is 0 Å². The third-order valence-electron chi connectivity index (χ3n) is 4.85. The highest BCUT2D eigenvalue weighted by atomic mass is 15.3. The van der Waals surface area contributed by atoms with Gasteiger partial charge in [-0.3, -0.25) is 0 Å². The lowest BCUT2D eigenvalue weighted by Gasteiger charge is -2.19. The van der Waals surface area contributed by atoms with Gasteiger partial charge in [0, 0.05) is 17.8 Å². The lowest BCUT2D eigenvalue weighted by Crippen LogP contribution is -2.26. The first-order valence-corrected chi connectivity index (χ1v) is 8.07. The highest BCUT2D eigenvalue weighted by molar-refractivity contribution is 5.31. The van der Waals surface area contributed by atoms with Crippen molar-refractivity contribution in [3.05, 3.63) is 48.3 Å². The Morgan fingerprint density at radius 3 is 2.81 bits per heavy atom. The van der Waals surface area contributed by atoms with Crippen molar-refractivity contribution in [2.45, 2.75) is 39.2 Å². The second-order valence-electron chi connectivity index (χ2n) is 6.35. The first-order chi connectivity index (χ1) is 10.2. The Labute approximate surface area is 127 Å². The van der Waals surface area contributed by atoms with Gasteiger partial charge in [-0.25, -0.2) is 4.68 Å². The molecule has 112 valence electrons. The molecule has 1 aromatic heterocycles. The zero-order valence-electron chi connectivity index (χ0n) is 13.0. The molecule has 1 aliphatic rings. The molecule has 2 aromatic rings. The normalized spacial score (nSPS) is 23.3. The molecule has 1 aromatic carbocycles. The number of para-hydroxylation sites is 1. The number of aromatic nitrogens is 2. The third kappa shape index (κ3) is 3.35. The summed E-state index contributed by atoms with van der Waals surface area (Å²) in [5, 5.41) is 8.16. The molecule has 1 saturated carbocycles. The topological polar surface area (TPSA) is 29.9 Å². The van der Waals surface area contributed by atoms with Crippen molar-refractivity contribution in [2.75, 3.05) is 6.54 Å². The van der Waals surface area contributed by atoms with E-state index in [2.05, 4.69) is 42.6 Å². The van der Waals surface area contributed by atoms with Crippen molar-refractivity contribution in [2.24, 2.45) is 11.8 Å². The smallest absolute Gasteiger partial charge is 0.0645 e. The Kier molecular flexibility index (Phi) is 4.39. The number of hydrogen-bond donors (Lipinski definition) is 1. The molecule has 0 aliphatic heterocycles. The number of benzene rings is 1. The zero-order chi connectivity index (χ0) is 14.7. The number of nitrogens with zero attached hydrogens (tertiary/aromatic N) is 2. The van der Waals surface area contributed by atoms with Gasteiger partial charge in [-0.05, 0) is 43.9 Å². The summed E-state index contributed by atoms with van der Waals surface area (Å²) in [5.74, 6) is 1.72. The summed E-state index contributed by atoms with van der Waals surface area (Å²) in [4.78, 5) is 0. The fourth-order valence-corrected chi connectivity index (χ4v) is 3.25. The van der Waals surface area contributed by atoms with Crippen LogP contribution in [0.2, 0.25) is 0 Å². The number of nitrogens with one attached hydrogen (secondary N) is 1. The van der Waals surface area contributed by atoms with Crippen LogP contribution in [-0.2, 0) is 0 Å². The van der Waals surface area contributed by atoms with Crippen LogP contribution in [-0.4, -0.2) is 16.3 Å². The summed E-state index contributed by atoms with van der Waals surface area (Å²) < 4.78 is 1.95. The van der Waals surface area contributed by atoms with E-state index in [9.17, 15) is 0 Å². The number of rotatable bonds is 5. The second kappa shape index (κ2) is 6.44. The molecule has 3 unspecified atom stereocenters. The van der Waals surface area contributed by atoms with Crippen molar-refractivity contribution in [1.29, 1.82) is 0 Å². The average Bonchev–Trinajstić information content (AvgIpc) is 3.15. The van der Waals surface area contributed by atoms with Crippen LogP contribution in [0, 0.1) is 11.8 Å². The van der Waals surface area contributed by atoms with Crippen molar-refractivity contribution in [3.8, 4) is 5.69 Å². The van der Waals surface area contributed by atoms with Gasteiger partial charge in [0.2, 0.25) is 0 Å². The van der Waals surface area contributed by atoms with Crippen LogP contribution >= 0.6 is 0 Å². The van der Waals surface area contributed by atoms with Crippen LogP contribution in [0.25, 0.3) is 5.69 Å². The Morgan fingerprint density at radius 1 is 1.29 bits per heavy atom. The van der Waals surface area contributed by atoms with Crippen LogP contribution < -0.4 is 5.32 Å². The van der Waals surface area contributed by atoms with E-state index in [-0.39, 0.29) is 0 Å². The van der Waals surface area contributed by atoms with Gasteiger partial charge < -0.3 is 5.32 Å². The number of hydrogen-bond acceptors (Lipinski definition) is 2. The van der Waals surface area contributed by atoms with Gasteiger partial charge in [-0.2, -0.15) is 5.10 Å². The van der Waals surface area contributed by atoms with E-state index in [1.807, 2.05) is 29.1 Å². The minimum Gasteiger partial charge on any atom is -0.310 e. The maximum atomic E-state index is 4.48. The molecule has 3 rings (SSSR count). The molecule has 0 radical (unpaired) electrons. The predicted molar refractivity (Wildman–Crippen MR) is 86.5 cm³/mol. The minimum atomic E-state index is 0.357. The monoisotopic (exact) mass is 283 g/mol. The molecule has 1 aliphatic carbocycles. The Hall–Kier alpha value is -1.61. The Balaban J connectivity index is 1.60. The van der Waals surface area contributed by atoms with Gasteiger partial charge in [0.25, 0.3) is 0 Å². The Bertz CT molecular complexity index is 561. The van der Waals surface area contributed by atoms with Gasteiger partial charge in [0.05, 0.1) is 11.9 Å². The maximum absolute atomic E-state index is 4.48. The standard InChI is InChI=1S/C18H25N3/c1-14-7-6-8-16(14)11-19-15(2)17-12-20-21(13-17)18-9-4-3-5-10-18/h3-5,9-10,12-16,19H,6-8,11H2,1-2H3. The van der Waals surface area contributed by atoms with Gasteiger partial charge >= 0.3 is 0 Å². The van der Waals surface area contributed by atoms with Crippen LogP contribution in [0.3, 0.4) is 0 Å². The van der Waals surface area contributed by atoms with E-state index in [1.165, 1.54) is 24.8 Å². The van der Waals surface area contributed by atoms with Crippen molar-refractivity contribution < 1.29 is 0 Å². The Morgan fingerprint density at radius 2 is 2.10 bits per heavy atom. The molecule has 3 nitrogen and oxygen atoms in total. The lowest BCUT2D eigenvalue weighted by atomic mass is 9.98. The van der Waals surface area contributed by atoms with Gasteiger partial charge in [0.15, 0.2) is 0 Å². The molecule has 1 fully saturated rings. The van der Waals surface area contributed by atoms with E-state index < -0.39 is 0 Å². The van der Waals surface area contributed by atoms with Crippen LogP contribution in [0.1, 0.15) is 44.7 Å². The molecule has 1 heterocycles. The van der Waals surface area contributed by atoms with Crippen molar-refractivity contribution in [1.82, 2.24) is 15.1 Å². The molecule has 1 N–H and O–H groups in total. The summed E-state index contributed by atoms with van der Waals surface area (Å²) in [5.41, 5.74) is 2.37. The van der Waals surface area contributed by atoms with E-state index in [0.29, 0.717) is 6.04 Å². The highest BCUT2D eigenvalue weighted by Crippen LogP contribution is 2.31. The zero-order valence-corrected chi connectivity index (χ0v) is 13.0. The molecule has 21 heavy (non-hydrogen) atoms. The van der Waals surface area contributed by atoms with Gasteiger partial charge in [-0.15, -0.1) is 0 Å². The van der Waals surface area contributed by atoms with Crippen LogP contribution in [0.5, 0.6) is 0 Å². The SMILES string of the molecule is CC(NCC1CCCC1C)c1cnn(-c2ccccc2)c1. The second-order valence-corrected chi connectivity index (χ2v) is 6.35. The fourth-order valence-electron chi connectivity index (χ4n) is 3.25. The minimum absolute atomic E-state index is 0.357. The van der Waals surface area contributed by atoms with Gasteiger partial charge in [-0.1, -0.05) is 38.0 Å². The van der Waals surface area contributed by atoms with E-state index in [0.717, 1.165) is 24.1 Å². The quantitative estimate of drug-likeness (QED) is 0.900. The highest BCUT2D eigenvalue weighted by Gasteiger charge is 2.23. The van der Waals surface area contributed by atoms with Crippen molar-refractivity contribution in [3.63, 3.8) is 0 Å². The molecule has 0 saturated heterocycles. The third-order valence-corrected chi connectivity index (χ3v) is 4.85. The molecule has 0 bridgehead atoms. The molecule has 3 atom stereocenters. The maximum Gasteiger partial charge on any atom is 0.0645 e. The summed E-state index contributed by atoms with van der Waals surface area (Å²) in [6.45, 7) is 5.74. The molecule has 0 amide bonds. The fraction of sp³-hybridized carbons (Fsp3) is 0.500. The lowest BCUT2D eigenvalue weighted by molar-refractivity contribution is 0.375. The van der Waals surface area contributed by atoms with E-state index in [1.54, 1.807) is 0 Å². The molecule has 0 spiro atoms. The predicted octanol–water partition coefficient (Wildman–Crippen LogP) is 3.96. The first-order valence-electron chi connectivity index (χ1n) is 8.07. The first kappa shape index (κ1) is 14.3. The van der Waals surface area contributed by atoms with Crippen LogP contribution in [0.15, 0.2) is 42.7 Å². The van der Waals surface area contributed by atoms with E-state index >= 15 is 0 Å². The summed E-state index contributed by atoms with van der Waals surface area (Å²) in [6.07, 6.45) is 8.28. The summed E-state index contributed by atoms with van der Waals surface area (Å²) >= 11 is 0. The average molecular weight is 283 g/mol. The van der Waals surface area contributed by atoms with E-state index in [4.69, 9.17) is 0 Å². The van der Waals surface area contributed by atoms with Crippen molar-refractivity contribution >= 4 is 0 Å². The summed E-state index contributed by atoms with van der Waals surface area (Å²) in [6, 6.07) is 10.6. The molecule has 3 heteroatoms. The summed E-state index contributed by atoms with van der Waals surface area (Å²) in [7, 11) is 0. The molecular weight excluding hydrogens is 258 g/mol. The largest absolute Gasteiger partial charge is 0.310 e. The van der Waals surface area contributed by atoms with Gasteiger partial charge in [0.1, 0.15) is 0 Å².